The number of hydrogen-bond acceptors (Lipinski definition) is 4. The van der Waals surface area contributed by atoms with Crippen LogP contribution in [0, 0.1) is 28.5 Å². The zero-order valence-electron chi connectivity index (χ0n) is 14.9. The second kappa shape index (κ2) is 9.93. The highest BCUT2D eigenvalue weighted by Gasteiger charge is 2.33. The van der Waals surface area contributed by atoms with Crippen molar-refractivity contribution in [2.45, 2.75) is 20.0 Å². The molecule has 9 heteroatoms. The molecular formula is C19H15F4N3O2. The monoisotopic (exact) mass is 393 g/mol. The molecule has 146 valence electrons. The van der Waals surface area contributed by atoms with Crippen molar-refractivity contribution >= 4 is 11.6 Å². The van der Waals surface area contributed by atoms with Crippen LogP contribution in [0.5, 0.6) is 5.75 Å². The summed E-state index contributed by atoms with van der Waals surface area (Å²) in [6.07, 6.45) is -4.61. The summed E-state index contributed by atoms with van der Waals surface area (Å²) in [4.78, 5) is 10.7. The van der Waals surface area contributed by atoms with E-state index in [1.165, 1.54) is 31.2 Å². The molecule has 0 radical (unpaired) electrons. The van der Waals surface area contributed by atoms with Crippen molar-refractivity contribution in [3.63, 3.8) is 0 Å². The first kappa shape index (κ1) is 22.5. The lowest BCUT2D eigenvalue weighted by atomic mass is 10.1. The van der Waals surface area contributed by atoms with Crippen LogP contribution in [0.25, 0.3) is 0 Å². The first-order chi connectivity index (χ1) is 13.1. The molecule has 2 aromatic rings. The van der Waals surface area contributed by atoms with E-state index in [0.717, 1.165) is 12.1 Å². The molecule has 0 aliphatic carbocycles. The van der Waals surface area contributed by atoms with Gasteiger partial charge in [0.25, 0.3) is 0 Å². The van der Waals surface area contributed by atoms with Gasteiger partial charge in [-0.05, 0) is 37.3 Å². The normalized spacial score (nSPS) is 10.0. The number of nitriles is 2. The Kier molecular flexibility index (Phi) is 7.96. The number of benzene rings is 2. The van der Waals surface area contributed by atoms with E-state index in [0.29, 0.717) is 12.4 Å². The van der Waals surface area contributed by atoms with Gasteiger partial charge in [0.2, 0.25) is 5.91 Å². The Morgan fingerprint density at radius 2 is 1.71 bits per heavy atom. The van der Waals surface area contributed by atoms with E-state index in [1.807, 2.05) is 6.92 Å². The van der Waals surface area contributed by atoms with Crippen molar-refractivity contribution in [3.8, 4) is 17.9 Å². The molecule has 1 N–H and O–H groups in total. The van der Waals surface area contributed by atoms with Crippen LogP contribution < -0.4 is 10.1 Å². The number of rotatable bonds is 3. The summed E-state index contributed by atoms with van der Waals surface area (Å²) < 4.78 is 55.4. The number of ether oxygens (including phenoxy) is 1. The predicted molar refractivity (Wildman–Crippen MR) is 92.7 cm³/mol. The first-order valence-electron chi connectivity index (χ1n) is 7.83. The number of nitrogens with zero attached hydrogens (tertiary/aromatic N) is 2. The van der Waals surface area contributed by atoms with Crippen molar-refractivity contribution in [2.75, 3.05) is 11.9 Å². The molecule has 0 bridgehead atoms. The number of anilines is 1. The van der Waals surface area contributed by atoms with Gasteiger partial charge in [-0.2, -0.15) is 23.7 Å². The maximum atomic E-state index is 12.9. The van der Waals surface area contributed by atoms with Crippen molar-refractivity contribution in [2.24, 2.45) is 0 Å². The van der Waals surface area contributed by atoms with Crippen LogP contribution in [-0.4, -0.2) is 12.5 Å². The van der Waals surface area contributed by atoms with E-state index < -0.39 is 29.0 Å². The van der Waals surface area contributed by atoms with Crippen molar-refractivity contribution in [1.29, 1.82) is 10.5 Å². The standard InChI is InChI=1S/C10H7F3N2O.C9H8FNO/c1-6(16)15-8-3-2-7(5-14)9(4-8)10(11,12)13;1-2-12-8-4-3-7(6-11)9(10)5-8/h2-4H,1H3,(H,15,16);3-5H,2H2,1H3. The quantitative estimate of drug-likeness (QED) is 0.771. The number of amides is 1. The van der Waals surface area contributed by atoms with Gasteiger partial charge >= 0.3 is 6.18 Å². The Hall–Kier alpha value is -3.59. The van der Waals surface area contributed by atoms with Gasteiger partial charge in [0.15, 0.2) is 0 Å². The molecule has 0 saturated carbocycles. The fourth-order valence-corrected chi connectivity index (χ4v) is 2.00. The van der Waals surface area contributed by atoms with Crippen LogP contribution in [-0.2, 0) is 11.0 Å². The molecule has 0 spiro atoms. The summed E-state index contributed by atoms with van der Waals surface area (Å²) in [5.41, 5.74) is -1.47. The van der Waals surface area contributed by atoms with Gasteiger partial charge in [0.05, 0.1) is 29.4 Å². The van der Waals surface area contributed by atoms with Crippen LogP contribution in [0.1, 0.15) is 30.5 Å². The summed E-state index contributed by atoms with van der Waals surface area (Å²) >= 11 is 0. The zero-order chi connectivity index (χ0) is 21.3. The number of hydrogen-bond donors (Lipinski definition) is 1. The van der Waals surface area contributed by atoms with Crippen LogP contribution in [0.2, 0.25) is 0 Å². The molecule has 2 rings (SSSR count). The van der Waals surface area contributed by atoms with Gasteiger partial charge in [0.1, 0.15) is 17.6 Å². The number of halogens is 4. The Balaban J connectivity index is 0.000000292. The molecule has 0 aliphatic rings. The molecule has 0 saturated heterocycles. The second-order valence-corrected chi connectivity index (χ2v) is 5.24. The Morgan fingerprint density at radius 1 is 1.11 bits per heavy atom. The number of carbonyl (C=O) groups excluding carboxylic acids is 1. The van der Waals surface area contributed by atoms with Crippen molar-refractivity contribution < 1.29 is 27.1 Å². The molecule has 1 amide bonds. The van der Waals surface area contributed by atoms with E-state index in [9.17, 15) is 22.4 Å². The number of nitrogens with one attached hydrogen (secondary N) is 1. The molecule has 0 aliphatic heterocycles. The lowest BCUT2D eigenvalue weighted by Gasteiger charge is -2.10. The maximum Gasteiger partial charge on any atom is 0.417 e. The summed E-state index contributed by atoms with van der Waals surface area (Å²) in [6.45, 7) is 3.49. The van der Waals surface area contributed by atoms with Gasteiger partial charge in [-0.15, -0.1) is 0 Å². The number of carbonyl (C=O) groups is 1. The number of alkyl halides is 3. The highest BCUT2D eigenvalue weighted by atomic mass is 19.4. The van der Waals surface area contributed by atoms with E-state index in [4.69, 9.17) is 15.3 Å². The van der Waals surface area contributed by atoms with Crippen LogP contribution in [0.3, 0.4) is 0 Å². The van der Waals surface area contributed by atoms with E-state index >= 15 is 0 Å². The SMILES string of the molecule is CC(=O)Nc1ccc(C#N)c(C(F)(F)F)c1.CCOc1ccc(C#N)c(F)c1. The van der Waals surface area contributed by atoms with Gasteiger partial charge in [-0.3, -0.25) is 4.79 Å². The first-order valence-corrected chi connectivity index (χ1v) is 7.83. The van der Waals surface area contributed by atoms with Crippen LogP contribution >= 0.6 is 0 Å². The third-order valence-electron chi connectivity index (χ3n) is 3.14. The molecule has 28 heavy (non-hydrogen) atoms. The zero-order valence-corrected chi connectivity index (χ0v) is 14.9. The van der Waals surface area contributed by atoms with Crippen LogP contribution in [0.15, 0.2) is 36.4 Å². The summed E-state index contributed by atoms with van der Waals surface area (Å²) in [5.74, 6) is -0.560. The summed E-state index contributed by atoms with van der Waals surface area (Å²) in [5, 5.41) is 19.1. The predicted octanol–water partition coefficient (Wildman–Crippen LogP) is 4.63. The largest absolute Gasteiger partial charge is 0.494 e. The molecule has 0 fully saturated rings. The lowest BCUT2D eigenvalue weighted by Crippen LogP contribution is -2.11. The molecule has 0 unspecified atom stereocenters. The lowest BCUT2D eigenvalue weighted by molar-refractivity contribution is -0.137. The molecule has 0 heterocycles. The Labute approximate surface area is 158 Å². The van der Waals surface area contributed by atoms with E-state index in [1.54, 1.807) is 12.1 Å². The Bertz CT molecular complexity index is 928. The minimum Gasteiger partial charge on any atom is -0.494 e. The Morgan fingerprint density at radius 3 is 2.18 bits per heavy atom. The van der Waals surface area contributed by atoms with Gasteiger partial charge in [-0.25, -0.2) is 4.39 Å². The molecule has 0 aromatic heterocycles. The molecular weight excluding hydrogens is 378 g/mol. The van der Waals surface area contributed by atoms with Crippen molar-refractivity contribution in [3.05, 3.63) is 58.9 Å². The molecule has 2 aromatic carbocycles. The average molecular weight is 393 g/mol. The van der Waals surface area contributed by atoms with Gasteiger partial charge in [-0.1, -0.05) is 0 Å². The van der Waals surface area contributed by atoms with E-state index in [-0.39, 0.29) is 11.3 Å². The van der Waals surface area contributed by atoms with Gasteiger partial charge in [0, 0.05) is 18.7 Å². The topological polar surface area (TPSA) is 85.9 Å². The van der Waals surface area contributed by atoms with E-state index in [2.05, 4.69) is 5.32 Å². The molecule has 0 atom stereocenters. The summed E-state index contributed by atoms with van der Waals surface area (Å²) in [6, 6.07) is 10.4. The third kappa shape index (κ3) is 6.61. The van der Waals surface area contributed by atoms with Crippen LogP contribution in [0.4, 0.5) is 23.2 Å². The second-order valence-electron chi connectivity index (χ2n) is 5.24. The highest BCUT2D eigenvalue weighted by Crippen LogP contribution is 2.33. The highest BCUT2D eigenvalue weighted by molar-refractivity contribution is 5.88. The minimum absolute atomic E-state index is 0.0128. The fraction of sp³-hybridized carbons (Fsp3) is 0.211. The minimum atomic E-state index is -4.61. The maximum absolute atomic E-state index is 12.9. The van der Waals surface area contributed by atoms with Crippen molar-refractivity contribution in [1.82, 2.24) is 0 Å². The fourth-order valence-electron chi connectivity index (χ4n) is 2.00. The third-order valence-corrected chi connectivity index (χ3v) is 3.14. The van der Waals surface area contributed by atoms with Gasteiger partial charge < -0.3 is 10.1 Å². The summed E-state index contributed by atoms with van der Waals surface area (Å²) in [7, 11) is 0. The average Bonchev–Trinajstić information content (AvgIpc) is 2.61. The molecule has 5 nitrogen and oxygen atoms in total. The smallest absolute Gasteiger partial charge is 0.417 e.